The number of hydrogen-bond donors (Lipinski definition) is 0. The molecule has 2 heterocycles. The van der Waals surface area contributed by atoms with Gasteiger partial charge in [-0.1, -0.05) is 12.1 Å². The van der Waals surface area contributed by atoms with Crippen LogP contribution in [0, 0.1) is 0 Å². The van der Waals surface area contributed by atoms with E-state index in [0.29, 0.717) is 0 Å². The molecule has 2 aliphatic rings. The summed E-state index contributed by atoms with van der Waals surface area (Å²) in [5, 5.41) is 0. The van der Waals surface area contributed by atoms with Crippen molar-refractivity contribution in [3.05, 3.63) is 95.1 Å². The average molecular weight is 677 g/mol. The molecule has 0 radical (unpaired) electrons. The lowest BCUT2D eigenvalue weighted by molar-refractivity contribution is -0.141. The fraction of sp³-hybridized carbons (Fsp3) is 0.294. The number of esters is 4. The molecule has 0 spiro atoms. The highest BCUT2D eigenvalue weighted by molar-refractivity contribution is 6.13. The number of carbonyl (C=O) groups is 8. The van der Waals surface area contributed by atoms with Crippen molar-refractivity contribution >= 4 is 47.5 Å². The summed E-state index contributed by atoms with van der Waals surface area (Å²) in [6, 6.07) is 9.92. The number of hydrogen-bond acceptors (Lipinski definition) is 13. The van der Waals surface area contributed by atoms with Crippen LogP contribution in [-0.4, -0.2) is 109 Å². The molecule has 0 bridgehead atoms. The van der Waals surface area contributed by atoms with Crippen molar-refractivity contribution in [1.29, 1.82) is 0 Å². The van der Waals surface area contributed by atoms with Crippen molar-refractivity contribution in [1.82, 2.24) is 9.80 Å². The molecule has 0 aromatic heterocycles. The molecular weight excluding hydrogens is 644 g/mol. The number of carbonyl (C=O) groups excluding carboxylic acids is 8. The summed E-state index contributed by atoms with van der Waals surface area (Å²) in [6.45, 7) is 2.36. The van der Waals surface area contributed by atoms with Gasteiger partial charge in [0, 0.05) is 24.3 Å². The van der Waals surface area contributed by atoms with Crippen molar-refractivity contribution < 1.29 is 62.0 Å². The Hall–Kier alpha value is -5.96. The predicted molar refractivity (Wildman–Crippen MR) is 166 cm³/mol. The maximum atomic E-state index is 12.5. The molecular formula is C34H32N2O13. The third kappa shape index (κ3) is 9.54. The molecule has 4 amide bonds. The fourth-order valence-electron chi connectivity index (χ4n) is 4.60. The molecule has 4 rings (SSSR count). The summed E-state index contributed by atoms with van der Waals surface area (Å²) < 4.78 is 26.1. The van der Waals surface area contributed by atoms with Gasteiger partial charge >= 0.3 is 23.9 Å². The highest BCUT2D eigenvalue weighted by Gasteiger charge is 2.30. The van der Waals surface area contributed by atoms with E-state index in [0.717, 1.165) is 34.1 Å². The Morgan fingerprint density at radius 3 is 1.14 bits per heavy atom. The summed E-state index contributed by atoms with van der Waals surface area (Å²) in [7, 11) is 0. The van der Waals surface area contributed by atoms with Crippen LogP contribution in [0.5, 0.6) is 0 Å². The molecule has 256 valence electrons. The second kappa shape index (κ2) is 16.7. The summed E-state index contributed by atoms with van der Waals surface area (Å²) >= 11 is 0. The minimum absolute atomic E-state index is 0.0177. The van der Waals surface area contributed by atoms with Crippen LogP contribution < -0.4 is 0 Å². The van der Waals surface area contributed by atoms with Crippen molar-refractivity contribution in [3.63, 3.8) is 0 Å². The van der Waals surface area contributed by atoms with Crippen LogP contribution in [0.2, 0.25) is 0 Å². The van der Waals surface area contributed by atoms with Crippen molar-refractivity contribution in [2.45, 2.75) is 25.9 Å². The molecule has 49 heavy (non-hydrogen) atoms. The lowest BCUT2D eigenvalue weighted by atomic mass is 10.1. The van der Waals surface area contributed by atoms with Gasteiger partial charge in [0.1, 0.15) is 26.4 Å². The minimum Gasteiger partial charge on any atom is -0.460 e. The predicted octanol–water partition coefficient (Wildman–Crippen LogP) is 1.66. The molecule has 0 N–H and O–H groups in total. The first kappa shape index (κ1) is 35.9. The van der Waals surface area contributed by atoms with Crippen LogP contribution in [0.25, 0.3) is 0 Å². The van der Waals surface area contributed by atoms with E-state index in [1.165, 1.54) is 48.5 Å². The van der Waals surface area contributed by atoms with Crippen LogP contribution >= 0.6 is 0 Å². The van der Waals surface area contributed by atoms with E-state index in [1.807, 2.05) is 0 Å². The van der Waals surface area contributed by atoms with Crippen molar-refractivity contribution in [3.8, 4) is 0 Å². The van der Waals surface area contributed by atoms with Gasteiger partial charge in [-0.25, -0.2) is 19.2 Å². The number of rotatable bonds is 16. The second-order valence-electron chi connectivity index (χ2n) is 10.7. The normalized spacial score (nSPS) is 15.0. The Kier molecular flexibility index (Phi) is 12.3. The van der Waals surface area contributed by atoms with E-state index in [4.69, 9.17) is 23.7 Å². The van der Waals surface area contributed by atoms with Crippen LogP contribution in [-0.2, 0) is 42.9 Å². The Bertz CT molecular complexity index is 1550. The second-order valence-corrected chi connectivity index (χ2v) is 10.7. The lowest BCUT2D eigenvalue weighted by Gasteiger charge is -2.22. The molecule has 0 aliphatic carbocycles. The first-order valence-corrected chi connectivity index (χ1v) is 15.0. The highest BCUT2D eigenvalue weighted by atomic mass is 16.6. The Morgan fingerprint density at radius 1 is 0.510 bits per heavy atom. The lowest BCUT2D eigenvalue weighted by Crippen LogP contribution is -2.41. The Morgan fingerprint density at radius 2 is 0.816 bits per heavy atom. The van der Waals surface area contributed by atoms with E-state index >= 15 is 0 Å². The molecule has 15 nitrogen and oxygen atoms in total. The third-order valence-corrected chi connectivity index (χ3v) is 7.07. The van der Waals surface area contributed by atoms with Crippen LogP contribution in [0.1, 0.15) is 55.3 Å². The Balaban J connectivity index is 1.12. The van der Waals surface area contributed by atoms with Crippen molar-refractivity contribution in [2.75, 3.05) is 39.6 Å². The van der Waals surface area contributed by atoms with Crippen LogP contribution in [0.3, 0.4) is 0 Å². The molecule has 2 atom stereocenters. The number of ether oxygens (including phenoxy) is 5. The topological polar surface area (TPSA) is 189 Å². The standard InChI is InChI=1S/C34H32N2O13/c1-21(35-27(37)9-10-28(35)38)19-48-33(43)25-7-3-5-23(17-25)31(41)46-15-13-45-14-16-47-32(42)24-6-4-8-26(18-24)34(44)49-20-22(2)36-29(39)11-12-30(36)40/h3-12,17-18,21-22H,13-16,19-20H2,1-2H3. The molecule has 0 saturated carbocycles. The van der Waals surface area contributed by atoms with Gasteiger partial charge in [-0.15, -0.1) is 0 Å². The summed E-state index contributed by atoms with van der Waals surface area (Å²) in [5.41, 5.74) is 0.305. The quantitative estimate of drug-likeness (QED) is 0.108. The Labute approximate surface area is 280 Å². The van der Waals surface area contributed by atoms with Gasteiger partial charge in [0.05, 0.1) is 47.6 Å². The van der Waals surface area contributed by atoms with Crippen LogP contribution in [0.15, 0.2) is 72.8 Å². The van der Waals surface area contributed by atoms with Gasteiger partial charge in [0.15, 0.2) is 0 Å². The van der Waals surface area contributed by atoms with E-state index < -0.39 is 59.6 Å². The van der Waals surface area contributed by atoms with E-state index in [-0.39, 0.29) is 61.9 Å². The molecule has 0 saturated heterocycles. The first-order chi connectivity index (χ1) is 23.5. The van der Waals surface area contributed by atoms with Gasteiger partial charge < -0.3 is 23.7 Å². The molecule has 2 aromatic rings. The zero-order valence-electron chi connectivity index (χ0n) is 26.5. The summed E-state index contributed by atoms with van der Waals surface area (Å²) in [6.07, 6.45) is 4.54. The largest absolute Gasteiger partial charge is 0.460 e. The third-order valence-electron chi connectivity index (χ3n) is 7.07. The summed E-state index contributed by atoms with van der Waals surface area (Å²) in [4.78, 5) is 98.9. The van der Waals surface area contributed by atoms with Gasteiger partial charge in [0.25, 0.3) is 23.6 Å². The van der Waals surface area contributed by atoms with Gasteiger partial charge in [-0.05, 0) is 50.2 Å². The number of amides is 4. The first-order valence-electron chi connectivity index (χ1n) is 15.0. The molecule has 2 aromatic carbocycles. The van der Waals surface area contributed by atoms with Gasteiger partial charge in [0.2, 0.25) is 0 Å². The molecule has 0 fully saturated rings. The van der Waals surface area contributed by atoms with E-state index in [9.17, 15) is 38.4 Å². The molecule has 2 unspecified atom stereocenters. The maximum Gasteiger partial charge on any atom is 0.338 e. The average Bonchev–Trinajstić information content (AvgIpc) is 3.63. The fourth-order valence-corrected chi connectivity index (χ4v) is 4.60. The minimum atomic E-state index is -0.754. The zero-order chi connectivity index (χ0) is 35.5. The number of imide groups is 2. The zero-order valence-corrected chi connectivity index (χ0v) is 26.5. The molecule has 15 heteroatoms. The SMILES string of the molecule is CC(COC(=O)c1cccc(C(=O)OCCOCCOC(=O)c2cccc(C(=O)OCC(C)N3C(=O)C=CC3=O)c2)c1)N1C(=O)C=CC1=O. The number of nitrogens with zero attached hydrogens (tertiary/aromatic N) is 2. The molecule has 2 aliphatic heterocycles. The van der Waals surface area contributed by atoms with Gasteiger partial charge in [-0.2, -0.15) is 0 Å². The number of benzene rings is 2. The van der Waals surface area contributed by atoms with E-state index in [2.05, 4.69) is 0 Å². The highest BCUT2D eigenvalue weighted by Crippen LogP contribution is 2.14. The maximum absolute atomic E-state index is 12.5. The smallest absolute Gasteiger partial charge is 0.338 e. The monoisotopic (exact) mass is 676 g/mol. The van der Waals surface area contributed by atoms with Gasteiger partial charge in [-0.3, -0.25) is 29.0 Å². The summed E-state index contributed by atoms with van der Waals surface area (Å²) in [5.74, 6) is -4.93. The van der Waals surface area contributed by atoms with Crippen LogP contribution in [0.4, 0.5) is 0 Å². The van der Waals surface area contributed by atoms with E-state index in [1.54, 1.807) is 13.8 Å². The van der Waals surface area contributed by atoms with Crippen molar-refractivity contribution in [2.24, 2.45) is 0 Å².